The predicted molar refractivity (Wildman–Crippen MR) is 76.3 cm³/mol. The Morgan fingerprint density at radius 2 is 1.48 bits per heavy atom. The third-order valence-electron chi connectivity index (χ3n) is 3.86. The summed E-state index contributed by atoms with van der Waals surface area (Å²) in [4.78, 5) is 0. The van der Waals surface area contributed by atoms with Crippen LogP contribution in [-0.4, -0.2) is 0 Å². The van der Waals surface area contributed by atoms with Crippen molar-refractivity contribution in [1.29, 1.82) is 0 Å². The van der Waals surface area contributed by atoms with Crippen molar-refractivity contribution in [3.8, 4) is 5.69 Å². The molecule has 0 saturated heterocycles. The van der Waals surface area contributed by atoms with Gasteiger partial charge in [-0.25, -0.2) is 18.6 Å². The van der Waals surface area contributed by atoms with Crippen LogP contribution in [0.25, 0.3) is 5.69 Å². The van der Waals surface area contributed by atoms with E-state index in [9.17, 15) is 0 Å². The first-order chi connectivity index (χ1) is 10.6. The topological polar surface area (TPSA) is 96.1 Å². The molecule has 23 heavy (non-hydrogen) atoms. The zero-order chi connectivity index (χ0) is 17.8. The van der Waals surface area contributed by atoms with Gasteiger partial charge in [-0.1, -0.05) is 25.1 Å². The van der Waals surface area contributed by atoms with Crippen LogP contribution in [-0.2, 0) is 6.42 Å². The van der Waals surface area contributed by atoms with Crippen molar-refractivity contribution in [2.45, 2.75) is 41.0 Å². The number of para-hydroxylation sites is 1. The lowest BCUT2D eigenvalue weighted by atomic mass is 10.0. The average molecular weight is 340 g/mol. The fraction of sp³-hybridized carbons (Fsp3) is 0.353. The lowest BCUT2D eigenvalue weighted by Crippen LogP contribution is -2.68. The lowest BCUT2D eigenvalue weighted by molar-refractivity contribution is -2.00. The van der Waals surface area contributed by atoms with Gasteiger partial charge in [0.05, 0.1) is 0 Å². The first-order valence-corrected chi connectivity index (χ1v) is 8.49. The minimum absolute atomic E-state index is 1.06. The van der Waals surface area contributed by atoms with Gasteiger partial charge < -0.3 is 0 Å². The Bertz CT molecular complexity index is 675. The minimum atomic E-state index is -4.94. The van der Waals surface area contributed by atoms with Gasteiger partial charge in [0.25, 0.3) is 0 Å². The second-order valence-electron chi connectivity index (χ2n) is 5.37. The van der Waals surface area contributed by atoms with Gasteiger partial charge >= 0.3 is 0 Å². The van der Waals surface area contributed by atoms with Crippen molar-refractivity contribution >= 4 is 0 Å². The summed E-state index contributed by atoms with van der Waals surface area (Å²) in [5.41, 5.74) is 8.11. The normalized spacial score (nSPS) is 11.0. The van der Waals surface area contributed by atoms with Crippen molar-refractivity contribution < 1.29 is 33.4 Å². The number of hydrogen-bond acceptors (Lipinski definition) is 4. The summed E-state index contributed by atoms with van der Waals surface area (Å²) < 4.78 is 36.3. The van der Waals surface area contributed by atoms with Crippen molar-refractivity contribution in [3.05, 3.63) is 58.4 Å². The van der Waals surface area contributed by atoms with Crippen LogP contribution in [0.3, 0.4) is 0 Å². The van der Waals surface area contributed by atoms with Crippen LogP contribution in [0, 0.1) is 37.9 Å². The molecule has 1 aromatic heterocycles. The van der Waals surface area contributed by atoms with E-state index in [4.69, 9.17) is 18.6 Å². The molecule has 0 aliphatic rings. The van der Waals surface area contributed by atoms with Gasteiger partial charge in [-0.05, 0) is 25.8 Å². The molecule has 6 heteroatoms. The van der Waals surface area contributed by atoms with Crippen LogP contribution < -0.4 is 23.2 Å². The van der Waals surface area contributed by atoms with E-state index in [1.807, 2.05) is 0 Å². The molecule has 126 valence electrons. The highest BCUT2D eigenvalue weighted by atomic mass is 35.7. The third kappa shape index (κ3) is 5.57. The molecule has 0 aliphatic carbocycles. The molecule has 0 amide bonds. The van der Waals surface area contributed by atoms with E-state index in [2.05, 4.69) is 69.5 Å². The molecular formula is C17H22ClNO4. The highest BCUT2D eigenvalue weighted by Gasteiger charge is 2.20. The molecule has 0 saturated carbocycles. The monoisotopic (exact) mass is 339 g/mol. The molecule has 0 spiro atoms. The number of benzene rings is 1. The van der Waals surface area contributed by atoms with E-state index < -0.39 is 10.2 Å². The summed E-state index contributed by atoms with van der Waals surface area (Å²) >= 11 is 0. The van der Waals surface area contributed by atoms with Gasteiger partial charge in [-0.3, -0.25) is 0 Å². The fourth-order valence-corrected chi connectivity index (χ4v) is 2.60. The third-order valence-corrected chi connectivity index (χ3v) is 3.86. The van der Waals surface area contributed by atoms with Crippen molar-refractivity contribution in [2.75, 3.05) is 0 Å². The Hall–Kier alpha value is -1.50. The molecule has 2 rings (SSSR count). The summed E-state index contributed by atoms with van der Waals surface area (Å²) in [7, 11) is -4.94. The Morgan fingerprint density at radius 3 is 2.00 bits per heavy atom. The predicted octanol–water partition coefficient (Wildman–Crippen LogP) is -0.997. The molecule has 5 nitrogen and oxygen atoms in total. The SMILES string of the molecule is CCc1ccccc1-[n+]1c(C)cc(C)c(C)c1C.[O-][Cl+3]([O-])([O-])[O-]. The number of halogens is 1. The van der Waals surface area contributed by atoms with Gasteiger partial charge in [-0.2, -0.15) is 4.57 Å². The van der Waals surface area contributed by atoms with Crippen molar-refractivity contribution in [2.24, 2.45) is 0 Å². The molecule has 0 atom stereocenters. The molecule has 1 aromatic carbocycles. The molecular weight excluding hydrogens is 318 g/mol. The number of aromatic nitrogens is 1. The molecule has 2 aromatic rings. The lowest BCUT2D eigenvalue weighted by Gasteiger charge is -2.17. The Labute approximate surface area is 139 Å². The van der Waals surface area contributed by atoms with Crippen LogP contribution in [0.2, 0.25) is 0 Å². The van der Waals surface area contributed by atoms with Crippen LogP contribution in [0.4, 0.5) is 0 Å². The largest absolute Gasteiger partial charge is 0.222 e. The summed E-state index contributed by atoms with van der Waals surface area (Å²) in [6.07, 6.45) is 1.06. The van der Waals surface area contributed by atoms with Crippen molar-refractivity contribution in [1.82, 2.24) is 0 Å². The Morgan fingerprint density at radius 1 is 0.957 bits per heavy atom. The first-order valence-electron chi connectivity index (χ1n) is 7.25. The quantitative estimate of drug-likeness (QED) is 0.656. The van der Waals surface area contributed by atoms with Gasteiger partial charge in [0.1, 0.15) is 0 Å². The maximum atomic E-state index is 8.49. The van der Waals surface area contributed by atoms with E-state index in [-0.39, 0.29) is 0 Å². The second kappa shape index (κ2) is 7.86. The zero-order valence-electron chi connectivity index (χ0n) is 14.1. The van der Waals surface area contributed by atoms with Crippen LogP contribution in [0.5, 0.6) is 0 Å². The zero-order valence-corrected chi connectivity index (χ0v) is 14.8. The highest BCUT2D eigenvalue weighted by Crippen LogP contribution is 2.16. The maximum absolute atomic E-state index is 8.49. The van der Waals surface area contributed by atoms with E-state index in [1.165, 1.54) is 33.8 Å². The van der Waals surface area contributed by atoms with E-state index in [1.54, 1.807) is 0 Å². The van der Waals surface area contributed by atoms with Crippen LogP contribution in [0.1, 0.15) is 35.0 Å². The Balaban J connectivity index is 0.000000463. The van der Waals surface area contributed by atoms with Crippen LogP contribution >= 0.6 is 0 Å². The molecule has 0 radical (unpaired) electrons. The van der Waals surface area contributed by atoms with Gasteiger partial charge in [0, 0.05) is 37.1 Å². The number of aryl methyl sites for hydroxylation is 3. The standard InChI is InChI=1S/C17H22N.ClHO4/c1-6-16-9-7-8-10-17(16)18-13(3)11-12(2)14(4)15(18)5;2-1(3,4)5/h7-11H,6H2,1-5H3;(H,2,3,4,5)/q+1;/p-1. The van der Waals surface area contributed by atoms with Gasteiger partial charge in [0.2, 0.25) is 5.69 Å². The highest BCUT2D eigenvalue weighted by molar-refractivity contribution is 5.36. The van der Waals surface area contributed by atoms with E-state index >= 15 is 0 Å². The molecule has 0 unspecified atom stereocenters. The minimum Gasteiger partial charge on any atom is -0.222 e. The summed E-state index contributed by atoms with van der Waals surface area (Å²) in [6.45, 7) is 11.0. The summed E-state index contributed by atoms with van der Waals surface area (Å²) in [5.74, 6) is 0. The van der Waals surface area contributed by atoms with Crippen LogP contribution in [0.15, 0.2) is 30.3 Å². The second-order valence-corrected chi connectivity index (χ2v) is 6.13. The molecule has 1 heterocycles. The van der Waals surface area contributed by atoms with Gasteiger partial charge in [0.15, 0.2) is 11.4 Å². The maximum Gasteiger partial charge on any atom is 0.214 e. The number of hydrogen-bond donors (Lipinski definition) is 0. The summed E-state index contributed by atoms with van der Waals surface area (Å²) in [5, 5.41) is 0. The molecule has 0 N–H and O–H groups in total. The van der Waals surface area contributed by atoms with Gasteiger partial charge in [-0.15, -0.1) is 10.2 Å². The number of rotatable bonds is 2. The molecule has 0 aliphatic heterocycles. The molecule has 0 bridgehead atoms. The number of pyridine rings is 1. The smallest absolute Gasteiger partial charge is 0.214 e. The first kappa shape index (κ1) is 19.5. The average Bonchev–Trinajstić information content (AvgIpc) is 2.44. The number of nitrogens with zero attached hydrogens (tertiary/aromatic N) is 1. The Kier molecular flexibility index (Phi) is 6.68. The summed E-state index contributed by atoms with van der Waals surface area (Å²) in [6, 6.07) is 10.9. The van der Waals surface area contributed by atoms with Crippen molar-refractivity contribution in [3.63, 3.8) is 0 Å². The van der Waals surface area contributed by atoms with E-state index in [0.717, 1.165) is 6.42 Å². The molecule has 0 fully saturated rings. The fourth-order valence-electron chi connectivity index (χ4n) is 2.60. The van der Waals surface area contributed by atoms with E-state index in [0.29, 0.717) is 0 Å².